The molecule has 2 aromatic carbocycles. The molecule has 0 aliphatic carbocycles. The van der Waals surface area contributed by atoms with Gasteiger partial charge in [-0.3, -0.25) is 0 Å². The normalized spacial score (nSPS) is 11.1. The number of hydrogen-bond donors (Lipinski definition) is 0. The Morgan fingerprint density at radius 3 is 2.47 bits per heavy atom. The number of halogens is 1. The van der Waals surface area contributed by atoms with E-state index >= 15 is 0 Å². The van der Waals surface area contributed by atoms with Crippen LogP contribution in [-0.2, 0) is 6.42 Å². The summed E-state index contributed by atoms with van der Waals surface area (Å²) in [4.78, 5) is 0. The van der Waals surface area contributed by atoms with Gasteiger partial charge in [0.2, 0.25) is 0 Å². The van der Waals surface area contributed by atoms with Crippen LogP contribution >= 0.6 is 0 Å². The molecular weight excluding hydrogens is 235 g/mol. The van der Waals surface area contributed by atoms with Crippen LogP contribution in [0.3, 0.4) is 0 Å². The number of benzene rings is 2. The van der Waals surface area contributed by atoms with Gasteiger partial charge in [0, 0.05) is 0 Å². The van der Waals surface area contributed by atoms with E-state index < -0.39 is 0 Å². The second kappa shape index (κ2) is 6.70. The highest BCUT2D eigenvalue weighted by molar-refractivity contribution is 5.84. The van der Waals surface area contributed by atoms with Gasteiger partial charge in [-0.05, 0) is 48.2 Å². The molecule has 0 amide bonds. The third kappa shape index (κ3) is 3.79. The molecule has 0 aromatic heterocycles. The Bertz CT molecular complexity index is 543. The van der Waals surface area contributed by atoms with E-state index in [0.717, 1.165) is 29.2 Å². The summed E-state index contributed by atoms with van der Waals surface area (Å²) in [5.41, 5.74) is 2.05. The van der Waals surface area contributed by atoms with Gasteiger partial charge in [0.25, 0.3) is 0 Å². The molecule has 2 rings (SSSR count). The van der Waals surface area contributed by atoms with Crippen molar-refractivity contribution in [2.75, 3.05) is 0 Å². The van der Waals surface area contributed by atoms with Crippen molar-refractivity contribution in [1.29, 1.82) is 0 Å². The van der Waals surface area contributed by atoms with Crippen LogP contribution in [0.15, 0.2) is 30.3 Å². The molecule has 0 bridgehead atoms. The van der Waals surface area contributed by atoms with E-state index in [4.69, 9.17) is 0 Å². The Kier molecular flexibility index (Phi) is 4.95. The summed E-state index contributed by atoms with van der Waals surface area (Å²) in [7, 11) is 0. The number of unbranched alkanes of at least 4 members (excludes halogenated alkanes) is 4. The van der Waals surface area contributed by atoms with Crippen LogP contribution in [0.5, 0.6) is 0 Å². The number of fused-ring (bicyclic) bond motifs is 1. The van der Waals surface area contributed by atoms with Crippen molar-refractivity contribution in [3.8, 4) is 0 Å². The molecule has 0 heterocycles. The Hall–Kier alpha value is -1.37. The lowest BCUT2D eigenvalue weighted by atomic mass is 10.00. The Morgan fingerprint density at radius 2 is 1.68 bits per heavy atom. The first kappa shape index (κ1) is 14.0. The summed E-state index contributed by atoms with van der Waals surface area (Å²) in [6.07, 6.45) is 6.97. The van der Waals surface area contributed by atoms with E-state index in [1.807, 2.05) is 19.1 Å². The second-order valence-electron chi connectivity index (χ2n) is 5.46. The van der Waals surface area contributed by atoms with Gasteiger partial charge in [-0.15, -0.1) is 0 Å². The summed E-state index contributed by atoms with van der Waals surface area (Å²) < 4.78 is 14.0. The second-order valence-corrected chi connectivity index (χ2v) is 5.46. The summed E-state index contributed by atoms with van der Waals surface area (Å²) in [5.74, 6) is -0.0476. The molecular formula is C18H23F. The Morgan fingerprint density at radius 1 is 0.895 bits per heavy atom. The first-order chi connectivity index (χ1) is 9.20. The van der Waals surface area contributed by atoms with Gasteiger partial charge in [0.1, 0.15) is 5.82 Å². The lowest BCUT2D eigenvalue weighted by molar-refractivity contribution is 0.589. The fourth-order valence-corrected chi connectivity index (χ4v) is 2.55. The minimum Gasteiger partial charge on any atom is -0.207 e. The topological polar surface area (TPSA) is 0 Å². The molecule has 2 aromatic rings. The van der Waals surface area contributed by atoms with Crippen molar-refractivity contribution in [2.24, 2.45) is 0 Å². The van der Waals surface area contributed by atoms with Crippen molar-refractivity contribution in [1.82, 2.24) is 0 Å². The highest BCUT2D eigenvalue weighted by Gasteiger charge is 2.05. The van der Waals surface area contributed by atoms with Gasteiger partial charge in [0.05, 0.1) is 0 Å². The smallest absolute Gasteiger partial charge is 0.127 e. The van der Waals surface area contributed by atoms with E-state index in [1.54, 1.807) is 6.07 Å². The molecule has 0 aliphatic heterocycles. The minimum atomic E-state index is -0.0476. The van der Waals surface area contributed by atoms with Crippen molar-refractivity contribution in [3.63, 3.8) is 0 Å². The van der Waals surface area contributed by atoms with Crippen LogP contribution in [0.25, 0.3) is 10.8 Å². The number of rotatable bonds is 6. The monoisotopic (exact) mass is 258 g/mol. The van der Waals surface area contributed by atoms with Gasteiger partial charge < -0.3 is 0 Å². The van der Waals surface area contributed by atoms with Crippen molar-refractivity contribution >= 4 is 10.8 Å². The van der Waals surface area contributed by atoms with Crippen LogP contribution in [0, 0.1) is 12.7 Å². The first-order valence-corrected chi connectivity index (χ1v) is 7.39. The fraction of sp³-hybridized carbons (Fsp3) is 0.444. The van der Waals surface area contributed by atoms with Gasteiger partial charge in [0.15, 0.2) is 0 Å². The quantitative estimate of drug-likeness (QED) is 0.574. The lowest BCUT2D eigenvalue weighted by Gasteiger charge is -2.07. The van der Waals surface area contributed by atoms with Crippen molar-refractivity contribution in [2.45, 2.75) is 52.4 Å². The summed E-state index contributed by atoms with van der Waals surface area (Å²) in [6, 6.07) is 9.92. The minimum absolute atomic E-state index is 0.0476. The molecule has 0 unspecified atom stereocenters. The van der Waals surface area contributed by atoms with Crippen LogP contribution in [-0.4, -0.2) is 0 Å². The van der Waals surface area contributed by atoms with Gasteiger partial charge in [-0.2, -0.15) is 0 Å². The summed E-state index contributed by atoms with van der Waals surface area (Å²) in [5, 5.41) is 2.16. The molecule has 0 nitrogen and oxygen atoms in total. The molecule has 0 radical (unpaired) electrons. The molecule has 0 atom stereocenters. The average Bonchev–Trinajstić information content (AvgIpc) is 2.39. The molecule has 0 fully saturated rings. The van der Waals surface area contributed by atoms with Gasteiger partial charge in [-0.1, -0.05) is 56.4 Å². The van der Waals surface area contributed by atoms with Crippen molar-refractivity contribution in [3.05, 3.63) is 47.3 Å². The maximum atomic E-state index is 14.0. The maximum absolute atomic E-state index is 14.0. The third-order valence-electron chi connectivity index (χ3n) is 3.71. The Labute approximate surface area is 115 Å². The van der Waals surface area contributed by atoms with Crippen LogP contribution < -0.4 is 0 Å². The van der Waals surface area contributed by atoms with E-state index in [1.165, 1.54) is 31.2 Å². The largest absolute Gasteiger partial charge is 0.207 e. The predicted molar refractivity (Wildman–Crippen MR) is 81.1 cm³/mol. The van der Waals surface area contributed by atoms with Crippen LogP contribution in [0.1, 0.15) is 50.2 Å². The van der Waals surface area contributed by atoms with Crippen molar-refractivity contribution < 1.29 is 4.39 Å². The molecule has 0 saturated heterocycles. The van der Waals surface area contributed by atoms with E-state index in [-0.39, 0.29) is 5.82 Å². The molecule has 0 N–H and O–H groups in total. The molecule has 0 saturated carbocycles. The SMILES string of the molecule is CCCCCCCc1cc2ccc(C)cc2cc1F. The third-order valence-corrected chi connectivity index (χ3v) is 3.71. The van der Waals surface area contributed by atoms with Crippen LogP contribution in [0.4, 0.5) is 4.39 Å². The van der Waals surface area contributed by atoms with E-state index in [9.17, 15) is 4.39 Å². The zero-order valence-corrected chi connectivity index (χ0v) is 12.0. The lowest BCUT2D eigenvalue weighted by Crippen LogP contribution is -1.92. The molecule has 102 valence electrons. The molecule has 0 spiro atoms. The number of aryl methyl sites for hydroxylation is 2. The first-order valence-electron chi connectivity index (χ1n) is 7.39. The molecule has 19 heavy (non-hydrogen) atoms. The zero-order chi connectivity index (χ0) is 13.7. The van der Waals surface area contributed by atoms with Gasteiger partial charge in [-0.25, -0.2) is 4.39 Å². The fourth-order valence-electron chi connectivity index (χ4n) is 2.55. The summed E-state index contributed by atoms with van der Waals surface area (Å²) in [6.45, 7) is 4.25. The van der Waals surface area contributed by atoms with Gasteiger partial charge >= 0.3 is 0 Å². The Balaban J connectivity index is 2.06. The number of hydrogen-bond acceptors (Lipinski definition) is 0. The molecule has 1 heteroatoms. The highest BCUT2D eigenvalue weighted by Crippen LogP contribution is 2.22. The van der Waals surface area contributed by atoms with E-state index in [0.29, 0.717) is 0 Å². The maximum Gasteiger partial charge on any atom is 0.127 e. The van der Waals surface area contributed by atoms with Crippen LogP contribution in [0.2, 0.25) is 0 Å². The average molecular weight is 258 g/mol. The summed E-state index contributed by atoms with van der Waals surface area (Å²) >= 11 is 0. The zero-order valence-electron chi connectivity index (χ0n) is 12.0. The highest BCUT2D eigenvalue weighted by atomic mass is 19.1. The standard InChI is InChI=1S/C18H23F/c1-3-4-5-6-7-8-16-12-15-10-9-14(2)11-17(15)13-18(16)19/h9-13H,3-8H2,1-2H3. The predicted octanol–water partition coefficient (Wildman–Crippen LogP) is 5.80. The van der Waals surface area contributed by atoms with E-state index in [2.05, 4.69) is 19.1 Å². The molecule has 0 aliphatic rings.